The summed E-state index contributed by atoms with van der Waals surface area (Å²) in [6, 6.07) is 15.0. The van der Waals surface area contributed by atoms with Crippen LogP contribution in [-0.2, 0) is 22.5 Å². The molecule has 1 atom stereocenters. The van der Waals surface area contributed by atoms with E-state index in [1.54, 1.807) is 0 Å². The van der Waals surface area contributed by atoms with Gasteiger partial charge in [-0.05, 0) is 55.0 Å². The molecule has 1 aliphatic rings. The van der Waals surface area contributed by atoms with Gasteiger partial charge in [0.2, 0.25) is 5.91 Å². The van der Waals surface area contributed by atoms with Crippen molar-refractivity contribution in [3.8, 4) is 0 Å². The van der Waals surface area contributed by atoms with Gasteiger partial charge in [0.05, 0.1) is 6.10 Å². The molecule has 0 radical (unpaired) electrons. The number of halogens is 1. The van der Waals surface area contributed by atoms with Crippen LogP contribution in [-0.4, -0.2) is 29.7 Å². The van der Waals surface area contributed by atoms with E-state index >= 15 is 0 Å². The zero-order valence-electron chi connectivity index (χ0n) is 16.6. The monoisotopic (exact) mass is 394 g/mol. The first-order valence-corrected chi connectivity index (χ1v) is 10.4. The maximum Gasteiger partial charge on any atom is 0.220 e. The van der Waals surface area contributed by atoms with Crippen molar-refractivity contribution in [1.82, 2.24) is 9.88 Å². The molecule has 0 aliphatic carbocycles. The van der Waals surface area contributed by atoms with E-state index in [4.69, 9.17) is 4.74 Å². The van der Waals surface area contributed by atoms with Crippen molar-refractivity contribution < 1.29 is 13.9 Å². The average Bonchev–Trinajstić information content (AvgIpc) is 3.37. The van der Waals surface area contributed by atoms with Crippen LogP contribution >= 0.6 is 0 Å². The van der Waals surface area contributed by atoms with E-state index in [-0.39, 0.29) is 17.8 Å². The van der Waals surface area contributed by atoms with Crippen LogP contribution < -0.4 is 5.32 Å². The van der Waals surface area contributed by atoms with Gasteiger partial charge in [-0.3, -0.25) is 4.79 Å². The molecule has 1 aromatic heterocycles. The number of hydrogen-bond donors (Lipinski definition) is 1. The third kappa shape index (κ3) is 5.04. The maximum absolute atomic E-state index is 13.2. The van der Waals surface area contributed by atoms with Crippen LogP contribution in [0.4, 0.5) is 4.39 Å². The Balaban J connectivity index is 1.37. The lowest BCUT2D eigenvalue weighted by Crippen LogP contribution is -2.31. The van der Waals surface area contributed by atoms with Crippen LogP contribution in [0.5, 0.6) is 0 Å². The summed E-state index contributed by atoms with van der Waals surface area (Å²) in [7, 11) is 0. The van der Waals surface area contributed by atoms with Crippen molar-refractivity contribution in [3.63, 3.8) is 0 Å². The first kappa shape index (κ1) is 19.6. The summed E-state index contributed by atoms with van der Waals surface area (Å²) in [5.41, 5.74) is 3.47. The van der Waals surface area contributed by atoms with Gasteiger partial charge in [0.25, 0.3) is 0 Å². The topological polar surface area (TPSA) is 43.3 Å². The summed E-state index contributed by atoms with van der Waals surface area (Å²) in [5, 5.41) is 4.21. The summed E-state index contributed by atoms with van der Waals surface area (Å²) in [6.07, 6.45) is 6.65. The third-order valence-corrected chi connectivity index (χ3v) is 5.54. The van der Waals surface area contributed by atoms with Crippen molar-refractivity contribution in [3.05, 3.63) is 71.7 Å². The number of aromatic nitrogens is 1. The standard InChI is InChI=1S/C24H27FN2O2/c25-20-12-10-18(11-13-20)16-27-17-19(22-7-1-2-8-23(22)27)5-3-9-24(28)26-15-21-6-4-14-29-21/h1-2,7-8,10-13,17,21H,3-6,9,14-16H2,(H,26,28)/t21-/m1/s1. The highest BCUT2D eigenvalue weighted by Crippen LogP contribution is 2.24. The van der Waals surface area contributed by atoms with E-state index in [1.165, 1.54) is 23.1 Å². The lowest BCUT2D eigenvalue weighted by molar-refractivity contribution is -0.121. The Morgan fingerprint density at radius 2 is 2.00 bits per heavy atom. The number of para-hydroxylation sites is 1. The molecule has 152 valence electrons. The molecule has 1 amide bonds. The lowest BCUT2D eigenvalue weighted by Gasteiger charge is -2.10. The Morgan fingerprint density at radius 1 is 1.17 bits per heavy atom. The Morgan fingerprint density at radius 3 is 2.79 bits per heavy atom. The molecule has 5 heteroatoms. The quantitative estimate of drug-likeness (QED) is 0.614. The van der Waals surface area contributed by atoms with Crippen LogP contribution in [0.25, 0.3) is 10.9 Å². The van der Waals surface area contributed by atoms with Gasteiger partial charge >= 0.3 is 0 Å². The first-order valence-electron chi connectivity index (χ1n) is 10.4. The minimum Gasteiger partial charge on any atom is -0.376 e. The fourth-order valence-electron chi connectivity index (χ4n) is 4.00. The molecule has 1 saturated heterocycles. The predicted octanol–water partition coefficient (Wildman–Crippen LogP) is 4.45. The number of fused-ring (bicyclic) bond motifs is 1. The number of benzene rings is 2. The van der Waals surface area contributed by atoms with Crippen molar-refractivity contribution in [2.24, 2.45) is 0 Å². The number of nitrogens with zero attached hydrogens (tertiary/aromatic N) is 1. The highest BCUT2D eigenvalue weighted by atomic mass is 19.1. The van der Waals surface area contributed by atoms with Gasteiger partial charge in [0.1, 0.15) is 5.82 Å². The molecule has 1 N–H and O–H groups in total. The zero-order valence-corrected chi connectivity index (χ0v) is 16.6. The van der Waals surface area contributed by atoms with Crippen LogP contribution in [0.1, 0.15) is 36.8 Å². The summed E-state index contributed by atoms with van der Waals surface area (Å²) in [5.74, 6) is -0.125. The summed E-state index contributed by atoms with van der Waals surface area (Å²) >= 11 is 0. The van der Waals surface area contributed by atoms with Gasteiger partial charge < -0.3 is 14.6 Å². The number of aryl methyl sites for hydroxylation is 1. The van der Waals surface area contributed by atoms with Crippen LogP contribution in [0.15, 0.2) is 54.7 Å². The Kier molecular flexibility index (Phi) is 6.25. The Hall–Kier alpha value is -2.66. The fraction of sp³-hybridized carbons (Fsp3) is 0.375. The van der Waals surface area contributed by atoms with Gasteiger partial charge in [-0.25, -0.2) is 4.39 Å². The molecule has 0 unspecified atom stereocenters. The number of carbonyl (C=O) groups is 1. The van der Waals surface area contributed by atoms with E-state index in [1.807, 2.05) is 24.3 Å². The number of rotatable bonds is 8. The smallest absolute Gasteiger partial charge is 0.220 e. The molecule has 4 nitrogen and oxygen atoms in total. The summed E-state index contributed by atoms with van der Waals surface area (Å²) in [4.78, 5) is 12.1. The highest BCUT2D eigenvalue weighted by Gasteiger charge is 2.16. The molecule has 29 heavy (non-hydrogen) atoms. The van der Waals surface area contributed by atoms with Crippen LogP contribution in [0.2, 0.25) is 0 Å². The lowest BCUT2D eigenvalue weighted by atomic mass is 10.1. The van der Waals surface area contributed by atoms with Crippen molar-refractivity contribution in [2.75, 3.05) is 13.2 Å². The largest absolute Gasteiger partial charge is 0.376 e. The molecule has 1 fully saturated rings. The SMILES string of the molecule is O=C(CCCc1cn(Cc2ccc(F)cc2)c2ccccc12)NC[C@H]1CCCO1. The summed E-state index contributed by atoms with van der Waals surface area (Å²) < 4.78 is 20.9. The summed E-state index contributed by atoms with van der Waals surface area (Å²) in [6.45, 7) is 2.13. The molecule has 0 spiro atoms. The normalized spacial score (nSPS) is 16.4. The van der Waals surface area contributed by atoms with E-state index in [0.29, 0.717) is 19.5 Å². The van der Waals surface area contributed by atoms with Gasteiger partial charge in [0, 0.05) is 43.2 Å². The molecule has 3 aromatic rings. The number of ether oxygens (including phenoxy) is 1. The van der Waals surface area contributed by atoms with E-state index < -0.39 is 0 Å². The van der Waals surface area contributed by atoms with Gasteiger partial charge in [-0.1, -0.05) is 30.3 Å². The number of hydrogen-bond acceptors (Lipinski definition) is 2. The van der Waals surface area contributed by atoms with Crippen molar-refractivity contribution in [2.45, 2.75) is 44.8 Å². The van der Waals surface area contributed by atoms with Gasteiger partial charge in [-0.2, -0.15) is 0 Å². The van der Waals surface area contributed by atoms with Crippen molar-refractivity contribution in [1.29, 1.82) is 0 Å². The second-order valence-corrected chi connectivity index (χ2v) is 7.72. The van der Waals surface area contributed by atoms with E-state index in [0.717, 1.165) is 43.4 Å². The minimum absolute atomic E-state index is 0.0931. The molecule has 0 saturated carbocycles. The second kappa shape index (κ2) is 9.23. The average molecular weight is 394 g/mol. The highest BCUT2D eigenvalue weighted by molar-refractivity contribution is 5.84. The number of carbonyl (C=O) groups excluding carboxylic acids is 1. The Labute approximate surface area is 170 Å². The van der Waals surface area contributed by atoms with Crippen LogP contribution in [0.3, 0.4) is 0 Å². The third-order valence-electron chi connectivity index (χ3n) is 5.54. The van der Waals surface area contributed by atoms with Gasteiger partial charge in [0.15, 0.2) is 0 Å². The second-order valence-electron chi connectivity index (χ2n) is 7.72. The number of amides is 1. The molecule has 0 bridgehead atoms. The molecule has 2 aromatic carbocycles. The molecule has 2 heterocycles. The van der Waals surface area contributed by atoms with E-state index in [2.05, 4.69) is 28.2 Å². The van der Waals surface area contributed by atoms with Gasteiger partial charge in [-0.15, -0.1) is 0 Å². The molecular weight excluding hydrogens is 367 g/mol. The maximum atomic E-state index is 13.2. The molecule has 4 rings (SSSR count). The van der Waals surface area contributed by atoms with Crippen LogP contribution in [0, 0.1) is 5.82 Å². The molecular formula is C24H27FN2O2. The van der Waals surface area contributed by atoms with Crippen molar-refractivity contribution >= 4 is 16.8 Å². The minimum atomic E-state index is -0.218. The Bertz CT molecular complexity index is 959. The molecule has 1 aliphatic heterocycles. The number of nitrogens with one attached hydrogen (secondary N) is 1. The van der Waals surface area contributed by atoms with E-state index in [9.17, 15) is 9.18 Å². The fourth-order valence-corrected chi connectivity index (χ4v) is 4.00. The first-order chi connectivity index (χ1) is 14.2. The zero-order chi connectivity index (χ0) is 20.1. The predicted molar refractivity (Wildman–Crippen MR) is 112 cm³/mol.